The topological polar surface area (TPSA) is 307 Å². The maximum Gasteiger partial charge on any atom is 0.220 e. The molecule has 3 saturated heterocycles. The normalized spacial score (nSPS) is 27.9. The Morgan fingerprint density at radius 1 is 0.394 bits per heavy atom. The average molecular weight is 1330 g/mol. The quantitative estimate of drug-likeness (QED) is 0.0199. The van der Waals surface area contributed by atoms with E-state index in [0.29, 0.717) is 12.8 Å². The molecular weight excluding hydrogens is 1200 g/mol. The first kappa shape index (κ1) is 85.2. The molecule has 19 heteroatoms. The Labute approximate surface area is 565 Å². The van der Waals surface area contributed by atoms with E-state index in [1.54, 1.807) is 6.08 Å². The smallest absolute Gasteiger partial charge is 0.220 e. The van der Waals surface area contributed by atoms with Crippen molar-refractivity contribution in [3.63, 3.8) is 0 Å². The number of allylic oxidation sites excluding steroid dienone is 13. The minimum Gasteiger partial charge on any atom is -0.394 e. The number of carbonyl (C=O) groups excluding carboxylic acids is 1. The summed E-state index contributed by atoms with van der Waals surface area (Å²) in [4.78, 5) is 13.4. The van der Waals surface area contributed by atoms with Crippen molar-refractivity contribution in [2.45, 2.75) is 356 Å². The summed E-state index contributed by atoms with van der Waals surface area (Å²) >= 11 is 0. The second kappa shape index (κ2) is 55.8. The van der Waals surface area contributed by atoms with Crippen molar-refractivity contribution >= 4 is 5.91 Å². The molecule has 0 aromatic rings. The van der Waals surface area contributed by atoms with Gasteiger partial charge in [-0.25, -0.2) is 0 Å². The Morgan fingerprint density at radius 2 is 0.745 bits per heavy atom. The van der Waals surface area contributed by atoms with Crippen LogP contribution in [0.25, 0.3) is 0 Å². The van der Waals surface area contributed by atoms with E-state index in [0.717, 1.165) is 70.6 Å². The summed E-state index contributed by atoms with van der Waals surface area (Å²) < 4.78 is 34.3. The summed E-state index contributed by atoms with van der Waals surface area (Å²) in [6.07, 6.45) is 45.8. The van der Waals surface area contributed by atoms with Gasteiger partial charge in [0.15, 0.2) is 18.9 Å². The van der Waals surface area contributed by atoms with Crippen molar-refractivity contribution in [1.29, 1.82) is 0 Å². The summed E-state index contributed by atoms with van der Waals surface area (Å²) in [7, 11) is 0. The second-order valence-electron chi connectivity index (χ2n) is 26.0. The van der Waals surface area contributed by atoms with Crippen LogP contribution in [0.1, 0.15) is 251 Å². The third-order valence-electron chi connectivity index (χ3n) is 17.9. The lowest BCUT2D eigenvalue weighted by Crippen LogP contribution is -2.66. The molecule has 3 fully saturated rings. The van der Waals surface area contributed by atoms with Crippen molar-refractivity contribution in [3.05, 3.63) is 85.1 Å². The fraction of sp³-hybridized carbons (Fsp3) is 0.800. The molecule has 3 aliphatic rings. The average Bonchev–Trinajstić information content (AvgIpc) is 0.787. The maximum absolute atomic E-state index is 13.4. The highest BCUT2D eigenvalue weighted by atomic mass is 16.8. The van der Waals surface area contributed by atoms with Crippen molar-refractivity contribution < 1.29 is 89.4 Å². The highest BCUT2D eigenvalue weighted by molar-refractivity contribution is 5.76. The highest BCUT2D eigenvalue weighted by Crippen LogP contribution is 2.33. The lowest BCUT2D eigenvalue weighted by Gasteiger charge is -2.48. The molecule has 0 spiro atoms. The second-order valence-corrected chi connectivity index (χ2v) is 26.0. The number of aliphatic hydroxyl groups is 11. The van der Waals surface area contributed by atoms with Crippen LogP contribution in [-0.4, -0.2) is 193 Å². The number of rotatable bonds is 56. The summed E-state index contributed by atoms with van der Waals surface area (Å²) in [5.41, 5.74) is 0. The lowest BCUT2D eigenvalue weighted by atomic mass is 9.96. The Bertz CT molecular complexity index is 2030. The van der Waals surface area contributed by atoms with E-state index in [9.17, 15) is 61.0 Å². The van der Waals surface area contributed by atoms with Gasteiger partial charge in [-0.2, -0.15) is 0 Å². The molecule has 0 radical (unpaired) electrons. The fourth-order valence-corrected chi connectivity index (χ4v) is 12.0. The summed E-state index contributed by atoms with van der Waals surface area (Å²) in [5, 5.41) is 121. The predicted molar refractivity (Wildman–Crippen MR) is 369 cm³/mol. The van der Waals surface area contributed by atoms with Crippen LogP contribution in [0.2, 0.25) is 0 Å². The van der Waals surface area contributed by atoms with Crippen molar-refractivity contribution in [3.8, 4) is 0 Å². The molecular formula is C75H131NO18. The zero-order chi connectivity index (χ0) is 68.2. The third-order valence-corrected chi connectivity index (χ3v) is 17.9. The summed E-state index contributed by atoms with van der Waals surface area (Å²) in [6.45, 7) is 1.58. The highest BCUT2D eigenvalue weighted by Gasteiger charge is 2.53. The number of hydrogen-bond donors (Lipinski definition) is 12. The summed E-state index contributed by atoms with van der Waals surface area (Å²) in [5.74, 6) is -0.318. The van der Waals surface area contributed by atoms with Gasteiger partial charge < -0.3 is 89.9 Å². The SMILES string of the molecule is CC/C=C\C/C=C\C/C=C\C/C=C\C/C=C\CCCCCC(=O)NC(COC1OC(CO)C(OC2OC(CO)C(OC3OC(CO)C(O)C(O)C3O)C(O)C2O)C(O)C1O)C(O)/C=C/CC/C=C/CCCCCCCCCCCCCCCCCCCCCCCCCC. The van der Waals surface area contributed by atoms with Gasteiger partial charge in [0.1, 0.15) is 73.2 Å². The standard InChI is InChI=1S/C75H131NO18/c1-3-5-7-9-11-13-15-17-19-21-23-24-25-26-27-28-29-30-31-32-33-35-36-38-40-42-44-46-48-50-52-59(80)58(76-63(81)53-51-49-47-45-43-41-39-37-34-22-20-18-16-14-12-10-8-6-4-2)57-89-73-69(87)66(84)71(61(55-78)91-73)94-75-70(88)67(85)72(62(56-79)92-75)93-74-68(86)65(83)64(82)60(54-77)90-74/h6,8,12,14,18,20,34,37,41-44,50,52,58-62,64-75,77-80,82-88H,3-5,7,9-11,13,15-17,19,21-33,35-36,38-40,45-49,51,53-57H2,1-2H3,(H,76,81)/b8-6-,14-12-,20-18-,37-34-,43-41-,44-42+,52-50+. The van der Waals surface area contributed by atoms with Gasteiger partial charge in [0.05, 0.1) is 38.6 Å². The largest absolute Gasteiger partial charge is 0.394 e. The molecule has 17 atom stereocenters. The number of nitrogens with one attached hydrogen (secondary N) is 1. The van der Waals surface area contributed by atoms with Crippen LogP contribution in [-0.2, 0) is 33.2 Å². The Kier molecular flexibility index (Phi) is 50.6. The van der Waals surface area contributed by atoms with Gasteiger partial charge in [-0.1, -0.05) is 253 Å². The Balaban J connectivity index is 1.43. The minimum absolute atomic E-state index is 0.192. The van der Waals surface area contributed by atoms with Crippen molar-refractivity contribution in [1.82, 2.24) is 5.32 Å². The number of carbonyl (C=O) groups is 1. The van der Waals surface area contributed by atoms with E-state index < -0.39 is 124 Å². The molecule has 0 bridgehead atoms. The van der Waals surface area contributed by atoms with Gasteiger partial charge in [-0.05, 0) is 77.0 Å². The first-order valence-corrected chi connectivity index (χ1v) is 36.8. The molecule has 12 N–H and O–H groups in total. The molecule has 1 amide bonds. The molecule has 3 aliphatic heterocycles. The van der Waals surface area contributed by atoms with Crippen LogP contribution in [0, 0.1) is 0 Å². The molecule has 544 valence electrons. The van der Waals surface area contributed by atoms with Crippen LogP contribution in [0.15, 0.2) is 85.1 Å². The molecule has 0 aromatic heterocycles. The van der Waals surface area contributed by atoms with E-state index >= 15 is 0 Å². The monoisotopic (exact) mass is 1330 g/mol. The van der Waals surface area contributed by atoms with Gasteiger partial charge in [0.25, 0.3) is 0 Å². The Hall–Kier alpha value is -3.03. The molecule has 19 nitrogen and oxygen atoms in total. The van der Waals surface area contributed by atoms with Crippen LogP contribution in [0.4, 0.5) is 0 Å². The van der Waals surface area contributed by atoms with E-state index in [1.807, 2.05) is 6.08 Å². The molecule has 0 aliphatic carbocycles. The van der Waals surface area contributed by atoms with Crippen molar-refractivity contribution in [2.75, 3.05) is 26.4 Å². The number of amides is 1. The zero-order valence-electron chi connectivity index (χ0n) is 57.7. The van der Waals surface area contributed by atoms with E-state index in [4.69, 9.17) is 28.4 Å². The van der Waals surface area contributed by atoms with Crippen LogP contribution in [0.3, 0.4) is 0 Å². The minimum atomic E-state index is -1.99. The summed E-state index contributed by atoms with van der Waals surface area (Å²) in [6, 6.07) is -1.01. The van der Waals surface area contributed by atoms with E-state index in [-0.39, 0.29) is 18.9 Å². The van der Waals surface area contributed by atoms with E-state index in [1.165, 1.54) is 148 Å². The number of unbranched alkanes of at least 4 members (excludes halogenated alkanes) is 28. The van der Waals surface area contributed by atoms with Gasteiger partial charge in [-0.3, -0.25) is 4.79 Å². The Morgan fingerprint density at radius 3 is 1.19 bits per heavy atom. The molecule has 3 rings (SSSR count). The number of aliphatic hydroxyl groups excluding tert-OH is 11. The third kappa shape index (κ3) is 36.7. The molecule has 0 saturated carbocycles. The van der Waals surface area contributed by atoms with Gasteiger partial charge in [0.2, 0.25) is 5.91 Å². The van der Waals surface area contributed by atoms with Crippen molar-refractivity contribution in [2.24, 2.45) is 0 Å². The number of hydrogen-bond acceptors (Lipinski definition) is 18. The molecule has 0 aromatic carbocycles. The number of ether oxygens (including phenoxy) is 6. The molecule has 94 heavy (non-hydrogen) atoms. The molecule has 17 unspecified atom stereocenters. The molecule has 3 heterocycles. The fourth-order valence-electron chi connectivity index (χ4n) is 12.0. The predicted octanol–water partition coefficient (Wildman–Crippen LogP) is 10.7. The van der Waals surface area contributed by atoms with Gasteiger partial charge in [0, 0.05) is 6.42 Å². The van der Waals surface area contributed by atoms with Crippen LogP contribution in [0.5, 0.6) is 0 Å². The first-order valence-electron chi connectivity index (χ1n) is 36.8. The zero-order valence-corrected chi connectivity index (χ0v) is 57.7. The lowest BCUT2D eigenvalue weighted by molar-refractivity contribution is -0.379. The van der Waals surface area contributed by atoms with Crippen LogP contribution >= 0.6 is 0 Å². The van der Waals surface area contributed by atoms with Crippen LogP contribution < -0.4 is 5.32 Å². The first-order chi connectivity index (χ1) is 45.8. The van der Waals surface area contributed by atoms with E-state index in [2.05, 4.69) is 92.1 Å². The van der Waals surface area contributed by atoms with Gasteiger partial charge in [-0.15, -0.1) is 0 Å². The van der Waals surface area contributed by atoms with Gasteiger partial charge >= 0.3 is 0 Å². The maximum atomic E-state index is 13.4.